The molecule has 86 valence electrons. The number of rotatable bonds is 5. The zero-order valence-corrected chi connectivity index (χ0v) is 10.6. The van der Waals surface area contributed by atoms with Gasteiger partial charge in [0.05, 0.1) is 24.9 Å². The molecule has 1 unspecified atom stereocenters. The van der Waals surface area contributed by atoms with E-state index < -0.39 is 0 Å². The lowest BCUT2D eigenvalue weighted by molar-refractivity contribution is 0.306. The molecule has 3 nitrogen and oxygen atoms in total. The summed E-state index contributed by atoms with van der Waals surface area (Å²) in [5.74, 6) is 0.857. The lowest BCUT2D eigenvalue weighted by Crippen LogP contribution is -2.22. The summed E-state index contributed by atoms with van der Waals surface area (Å²) in [5.41, 5.74) is 1.17. The summed E-state index contributed by atoms with van der Waals surface area (Å²) < 4.78 is 5.20. The van der Waals surface area contributed by atoms with Gasteiger partial charge in [-0.15, -0.1) is 0 Å². The molecular formula is C12H16N2OS. The summed E-state index contributed by atoms with van der Waals surface area (Å²) in [6.45, 7) is 0.615. The molecule has 0 radical (unpaired) electrons. The number of hydrogen-bond acceptors (Lipinski definition) is 4. The van der Waals surface area contributed by atoms with Crippen LogP contribution in [0.3, 0.4) is 0 Å². The summed E-state index contributed by atoms with van der Waals surface area (Å²) in [6, 6.07) is 8.19. The lowest BCUT2D eigenvalue weighted by Gasteiger charge is -2.22. The topological polar surface area (TPSA) is 24.8 Å². The quantitative estimate of drug-likeness (QED) is 0.579. The Bertz CT molecular complexity index is 386. The number of hydrogen-bond donors (Lipinski definition) is 0. The van der Waals surface area contributed by atoms with Crippen LogP contribution in [0, 0.1) is 0 Å². The second-order valence-electron chi connectivity index (χ2n) is 3.69. The molecule has 1 aromatic rings. The third-order valence-electron chi connectivity index (χ3n) is 2.43. The predicted octanol–water partition coefficient (Wildman–Crippen LogP) is 2.40. The predicted molar refractivity (Wildman–Crippen MR) is 69.3 cm³/mol. The van der Waals surface area contributed by atoms with Crippen LogP contribution < -0.4 is 4.74 Å². The number of methoxy groups -OCH3 is 1. The minimum absolute atomic E-state index is 0.200. The third kappa shape index (κ3) is 3.42. The fraction of sp³-hybridized carbons (Fsp3) is 0.417. The highest BCUT2D eigenvalue weighted by atomic mass is 32.1. The summed E-state index contributed by atoms with van der Waals surface area (Å²) in [6.07, 6.45) is 0. The molecule has 0 aliphatic heterocycles. The second kappa shape index (κ2) is 6.38. The summed E-state index contributed by atoms with van der Waals surface area (Å²) in [5, 5.41) is 2.40. The van der Waals surface area contributed by atoms with Gasteiger partial charge in [-0.05, 0) is 44.0 Å². The van der Waals surface area contributed by atoms with Crippen molar-refractivity contribution in [3.05, 3.63) is 29.8 Å². The molecule has 0 saturated heterocycles. The van der Waals surface area contributed by atoms with Crippen LogP contribution >= 0.6 is 12.2 Å². The lowest BCUT2D eigenvalue weighted by atomic mass is 10.1. The van der Waals surface area contributed by atoms with Crippen molar-refractivity contribution in [2.45, 2.75) is 6.04 Å². The molecule has 0 N–H and O–H groups in total. The third-order valence-corrected chi connectivity index (χ3v) is 2.56. The average Bonchev–Trinajstić information content (AvgIpc) is 2.29. The molecule has 0 aliphatic carbocycles. The Morgan fingerprint density at radius 2 is 2.25 bits per heavy atom. The van der Waals surface area contributed by atoms with E-state index in [1.807, 2.05) is 32.3 Å². The molecule has 1 aromatic carbocycles. The van der Waals surface area contributed by atoms with E-state index in [-0.39, 0.29) is 6.04 Å². The highest BCUT2D eigenvalue weighted by Gasteiger charge is 2.13. The van der Waals surface area contributed by atoms with E-state index in [9.17, 15) is 0 Å². The zero-order valence-electron chi connectivity index (χ0n) is 9.80. The molecule has 0 bridgehead atoms. The molecule has 1 rings (SSSR count). The van der Waals surface area contributed by atoms with Gasteiger partial charge in [0.1, 0.15) is 5.75 Å². The maximum Gasteiger partial charge on any atom is 0.119 e. The molecule has 0 aromatic heterocycles. The first-order valence-corrected chi connectivity index (χ1v) is 5.44. The van der Waals surface area contributed by atoms with Crippen molar-refractivity contribution in [1.29, 1.82) is 0 Å². The first-order chi connectivity index (χ1) is 7.69. The Hall–Kier alpha value is -1.22. The monoisotopic (exact) mass is 236 g/mol. The minimum Gasteiger partial charge on any atom is -0.497 e. The molecule has 0 spiro atoms. The Kier molecular flexibility index (Phi) is 5.12. The van der Waals surface area contributed by atoms with E-state index in [2.05, 4.69) is 33.3 Å². The SMILES string of the molecule is COc1cccc(C(CN=C=S)N(C)C)c1. The standard InChI is InChI=1S/C12H16N2OS/c1-14(2)12(8-13-9-16)10-5-4-6-11(7-10)15-3/h4-7,12H,8H2,1-3H3. The van der Waals surface area contributed by atoms with E-state index in [4.69, 9.17) is 4.74 Å². The second-order valence-corrected chi connectivity index (χ2v) is 3.87. The van der Waals surface area contributed by atoms with Gasteiger partial charge >= 0.3 is 0 Å². The van der Waals surface area contributed by atoms with Gasteiger partial charge in [0.25, 0.3) is 0 Å². The van der Waals surface area contributed by atoms with Gasteiger partial charge in [-0.3, -0.25) is 0 Å². The number of benzene rings is 1. The molecular weight excluding hydrogens is 220 g/mol. The zero-order chi connectivity index (χ0) is 12.0. The van der Waals surface area contributed by atoms with Crippen LogP contribution in [0.5, 0.6) is 5.75 Å². The number of isothiocyanates is 1. The highest BCUT2D eigenvalue weighted by Crippen LogP contribution is 2.22. The van der Waals surface area contributed by atoms with Crippen LogP contribution in [-0.4, -0.2) is 37.8 Å². The number of thiocarbonyl (C=S) groups is 1. The van der Waals surface area contributed by atoms with Gasteiger partial charge in [0, 0.05) is 0 Å². The Labute approximate surface area is 102 Å². The largest absolute Gasteiger partial charge is 0.497 e. The summed E-state index contributed by atoms with van der Waals surface area (Å²) in [7, 11) is 5.70. The number of aliphatic imine (C=N–C) groups is 1. The van der Waals surface area contributed by atoms with Crippen LogP contribution in [0.25, 0.3) is 0 Å². The van der Waals surface area contributed by atoms with Gasteiger partial charge in [0.2, 0.25) is 0 Å². The van der Waals surface area contributed by atoms with Crippen molar-refractivity contribution < 1.29 is 4.74 Å². The van der Waals surface area contributed by atoms with Crippen molar-refractivity contribution in [1.82, 2.24) is 4.90 Å². The van der Waals surface area contributed by atoms with Crippen LogP contribution in [0.2, 0.25) is 0 Å². The van der Waals surface area contributed by atoms with E-state index >= 15 is 0 Å². The van der Waals surface area contributed by atoms with Gasteiger partial charge in [0.15, 0.2) is 0 Å². The molecule has 0 saturated carbocycles. The fourth-order valence-electron chi connectivity index (χ4n) is 1.54. The van der Waals surface area contributed by atoms with E-state index in [1.54, 1.807) is 7.11 Å². The number of nitrogens with zero attached hydrogens (tertiary/aromatic N) is 2. The minimum atomic E-state index is 0.200. The van der Waals surface area contributed by atoms with Crippen LogP contribution in [0.15, 0.2) is 29.3 Å². The maximum atomic E-state index is 5.20. The highest BCUT2D eigenvalue weighted by molar-refractivity contribution is 7.78. The van der Waals surface area contributed by atoms with Crippen LogP contribution in [0.1, 0.15) is 11.6 Å². The van der Waals surface area contributed by atoms with Crippen molar-refractivity contribution in [2.75, 3.05) is 27.7 Å². The first-order valence-electron chi connectivity index (χ1n) is 5.03. The number of ether oxygens (including phenoxy) is 1. The fourth-order valence-corrected chi connectivity index (χ4v) is 1.61. The Morgan fingerprint density at radius 3 is 2.81 bits per heavy atom. The van der Waals surface area contributed by atoms with E-state index in [0.717, 1.165) is 5.75 Å². The van der Waals surface area contributed by atoms with Gasteiger partial charge in [-0.2, -0.15) is 0 Å². The van der Waals surface area contributed by atoms with Gasteiger partial charge in [-0.1, -0.05) is 12.1 Å². The van der Waals surface area contributed by atoms with Crippen molar-refractivity contribution >= 4 is 17.4 Å². The molecule has 0 aliphatic rings. The molecule has 0 heterocycles. The molecule has 1 atom stereocenters. The van der Waals surface area contributed by atoms with Crippen molar-refractivity contribution in [3.8, 4) is 5.75 Å². The smallest absolute Gasteiger partial charge is 0.119 e. The van der Waals surface area contributed by atoms with Crippen molar-refractivity contribution in [2.24, 2.45) is 4.99 Å². The Balaban J connectivity index is 2.95. The van der Waals surface area contributed by atoms with E-state index in [1.165, 1.54) is 5.56 Å². The van der Waals surface area contributed by atoms with Crippen LogP contribution in [0.4, 0.5) is 0 Å². The maximum absolute atomic E-state index is 5.20. The first kappa shape index (κ1) is 12.8. The van der Waals surface area contributed by atoms with Gasteiger partial charge < -0.3 is 9.64 Å². The van der Waals surface area contributed by atoms with E-state index in [0.29, 0.717) is 6.54 Å². The van der Waals surface area contributed by atoms with Crippen molar-refractivity contribution in [3.63, 3.8) is 0 Å². The summed E-state index contributed by atoms with van der Waals surface area (Å²) in [4.78, 5) is 6.11. The van der Waals surface area contributed by atoms with Crippen LogP contribution in [-0.2, 0) is 0 Å². The Morgan fingerprint density at radius 1 is 1.50 bits per heavy atom. The molecule has 0 amide bonds. The van der Waals surface area contributed by atoms with Gasteiger partial charge in [-0.25, -0.2) is 4.99 Å². The molecule has 16 heavy (non-hydrogen) atoms. The molecule has 4 heteroatoms. The molecule has 0 fully saturated rings. The summed E-state index contributed by atoms with van der Waals surface area (Å²) >= 11 is 4.60. The normalized spacial score (nSPS) is 12.0. The number of likely N-dealkylation sites (N-methyl/N-ethyl adjacent to an activating group) is 1. The average molecular weight is 236 g/mol.